The Morgan fingerprint density at radius 2 is 0.867 bits per heavy atom. The molecule has 0 aliphatic heterocycles. The molecule has 1 aliphatic carbocycles. The molecular formula is C56H35N3O. The summed E-state index contributed by atoms with van der Waals surface area (Å²) < 4.78 is 6.73. The zero-order valence-corrected chi connectivity index (χ0v) is 32.5. The van der Waals surface area contributed by atoms with Crippen LogP contribution >= 0.6 is 0 Å². The molecule has 0 spiro atoms. The van der Waals surface area contributed by atoms with Crippen molar-refractivity contribution in [2.45, 2.75) is 5.41 Å². The molecule has 11 aromatic rings. The molecule has 12 rings (SSSR count). The summed E-state index contributed by atoms with van der Waals surface area (Å²) in [4.78, 5) is 15.8. The largest absolute Gasteiger partial charge is 0.456 e. The minimum atomic E-state index is -0.550. The number of furan rings is 1. The molecule has 0 saturated carbocycles. The van der Waals surface area contributed by atoms with E-state index in [0.29, 0.717) is 17.5 Å². The molecule has 0 radical (unpaired) electrons. The smallest absolute Gasteiger partial charge is 0.164 e. The number of rotatable bonds is 6. The Kier molecular flexibility index (Phi) is 7.72. The highest BCUT2D eigenvalue weighted by atomic mass is 16.3. The van der Waals surface area contributed by atoms with Gasteiger partial charge in [0.1, 0.15) is 11.2 Å². The van der Waals surface area contributed by atoms with Crippen LogP contribution in [0.1, 0.15) is 22.3 Å². The molecule has 60 heavy (non-hydrogen) atoms. The van der Waals surface area contributed by atoms with Crippen LogP contribution < -0.4 is 0 Å². The van der Waals surface area contributed by atoms with E-state index >= 15 is 0 Å². The predicted octanol–water partition coefficient (Wildman–Crippen LogP) is 14.0. The molecule has 0 N–H and O–H groups in total. The minimum Gasteiger partial charge on any atom is -0.456 e. The quantitative estimate of drug-likeness (QED) is 0.169. The first-order chi connectivity index (χ1) is 29.7. The molecule has 0 bridgehead atoms. The maximum atomic E-state index is 6.73. The molecule has 2 heterocycles. The summed E-state index contributed by atoms with van der Waals surface area (Å²) in [7, 11) is 0. The topological polar surface area (TPSA) is 51.8 Å². The molecule has 4 nitrogen and oxygen atoms in total. The van der Waals surface area contributed by atoms with Crippen molar-refractivity contribution in [2.75, 3.05) is 0 Å². The summed E-state index contributed by atoms with van der Waals surface area (Å²) in [5.41, 5.74) is 13.4. The minimum absolute atomic E-state index is 0.550. The van der Waals surface area contributed by atoms with Gasteiger partial charge < -0.3 is 4.42 Å². The van der Waals surface area contributed by atoms with Gasteiger partial charge in [-0.15, -0.1) is 0 Å². The van der Waals surface area contributed by atoms with E-state index in [-0.39, 0.29) is 0 Å². The lowest BCUT2D eigenvalue weighted by Crippen LogP contribution is -2.28. The van der Waals surface area contributed by atoms with Crippen molar-refractivity contribution in [1.29, 1.82) is 0 Å². The van der Waals surface area contributed by atoms with Gasteiger partial charge in [-0.3, -0.25) is 0 Å². The number of hydrogen-bond donors (Lipinski definition) is 0. The van der Waals surface area contributed by atoms with Crippen molar-refractivity contribution in [3.8, 4) is 56.4 Å². The third kappa shape index (κ3) is 5.21. The number of fused-ring (bicyclic) bond motifs is 8. The van der Waals surface area contributed by atoms with Gasteiger partial charge in [0.25, 0.3) is 0 Å². The molecule has 0 atom stereocenters. The average Bonchev–Trinajstić information content (AvgIpc) is 3.85. The van der Waals surface area contributed by atoms with Crippen molar-refractivity contribution in [2.24, 2.45) is 0 Å². The van der Waals surface area contributed by atoms with Crippen LogP contribution in [0.4, 0.5) is 0 Å². The molecule has 2 aromatic heterocycles. The molecule has 0 amide bonds. The van der Waals surface area contributed by atoms with E-state index in [4.69, 9.17) is 19.4 Å². The van der Waals surface area contributed by atoms with Crippen LogP contribution in [0.25, 0.3) is 89.1 Å². The van der Waals surface area contributed by atoms with Gasteiger partial charge >= 0.3 is 0 Å². The summed E-state index contributed by atoms with van der Waals surface area (Å²) in [5, 5.41) is 4.30. The number of nitrogens with zero attached hydrogens (tertiary/aromatic N) is 3. The van der Waals surface area contributed by atoms with Gasteiger partial charge in [0, 0.05) is 27.5 Å². The first-order valence-corrected chi connectivity index (χ1v) is 20.4. The summed E-state index contributed by atoms with van der Waals surface area (Å²) in [6.45, 7) is 0. The van der Waals surface area contributed by atoms with E-state index in [1.807, 2.05) is 24.3 Å². The van der Waals surface area contributed by atoms with Gasteiger partial charge in [0.15, 0.2) is 17.5 Å². The van der Waals surface area contributed by atoms with Crippen molar-refractivity contribution < 1.29 is 4.42 Å². The lowest BCUT2D eigenvalue weighted by molar-refractivity contribution is 0.669. The number of aromatic nitrogens is 3. The first kappa shape index (κ1) is 34.1. The first-order valence-electron chi connectivity index (χ1n) is 20.4. The van der Waals surface area contributed by atoms with Crippen LogP contribution in [0.3, 0.4) is 0 Å². The van der Waals surface area contributed by atoms with Crippen molar-refractivity contribution in [3.63, 3.8) is 0 Å². The van der Waals surface area contributed by atoms with Crippen LogP contribution in [0.15, 0.2) is 217 Å². The highest BCUT2D eigenvalue weighted by Gasteiger charge is 2.46. The lowest BCUT2D eigenvalue weighted by atomic mass is 9.67. The Labute approximate surface area is 347 Å². The molecule has 9 aromatic carbocycles. The van der Waals surface area contributed by atoms with E-state index in [1.54, 1.807) is 0 Å². The SMILES string of the molecule is c1ccc(-c2ccc3c(c2)oc2cc(-c4nc(-c5ccccc5)nc(-c5ccc6c(c5)C(c5ccccc5)(c5ccccc5)c5ccccc5-6)n4)c4ccccc4c23)cc1. The third-order valence-electron chi connectivity index (χ3n) is 12.2. The highest BCUT2D eigenvalue weighted by molar-refractivity contribution is 6.22. The van der Waals surface area contributed by atoms with Gasteiger partial charge in [-0.05, 0) is 79.5 Å². The van der Waals surface area contributed by atoms with Crippen LogP contribution in [-0.4, -0.2) is 15.0 Å². The third-order valence-corrected chi connectivity index (χ3v) is 12.2. The number of hydrogen-bond acceptors (Lipinski definition) is 4. The Balaban J connectivity index is 1.10. The summed E-state index contributed by atoms with van der Waals surface area (Å²) in [6, 6.07) is 75.0. The number of benzene rings is 9. The lowest BCUT2D eigenvalue weighted by Gasteiger charge is -2.34. The Morgan fingerprint density at radius 3 is 1.58 bits per heavy atom. The van der Waals surface area contributed by atoms with E-state index < -0.39 is 5.41 Å². The van der Waals surface area contributed by atoms with Gasteiger partial charge in [-0.25, -0.2) is 15.0 Å². The van der Waals surface area contributed by atoms with Crippen LogP contribution in [0.5, 0.6) is 0 Å². The fraction of sp³-hybridized carbons (Fsp3) is 0.0179. The molecule has 1 aliphatic rings. The van der Waals surface area contributed by atoms with Crippen molar-refractivity contribution in [1.82, 2.24) is 15.0 Å². The molecule has 0 unspecified atom stereocenters. The van der Waals surface area contributed by atoms with E-state index in [1.165, 1.54) is 33.4 Å². The summed E-state index contributed by atoms with van der Waals surface area (Å²) in [6.07, 6.45) is 0. The molecule has 280 valence electrons. The summed E-state index contributed by atoms with van der Waals surface area (Å²) >= 11 is 0. The second kappa shape index (κ2) is 13.6. The van der Waals surface area contributed by atoms with Crippen LogP contribution in [-0.2, 0) is 5.41 Å². The highest BCUT2D eigenvalue weighted by Crippen LogP contribution is 2.56. The molecular weight excluding hydrogens is 731 g/mol. The Morgan fingerprint density at radius 1 is 0.317 bits per heavy atom. The van der Waals surface area contributed by atoms with Crippen molar-refractivity contribution in [3.05, 3.63) is 235 Å². The van der Waals surface area contributed by atoms with Gasteiger partial charge in [-0.2, -0.15) is 0 Å². The molecule has 0 saturated heterocycles. The second-order valence-electron chi connectivity index (χ2n) is 15.5. The zero-order valence-electron chi connectivity index (χ0n) is 32.5. The maximum absolute atomic E-state index is 6.73. The second-order valence-corrected chi connectivity index (χ2v) is 15.5. The van der Waals surface area contributed by atoms with Crippen LogP contribution in [0.2, 0.25) is 0 Å². The predicted molar refractivity (Wildman–Crippen MR) is 244 cm³/mol. The monoisotopic (exact) mass is 765 g/mol. The standard InChI is InChI=1S/C56H35N3O/c1-5-17-36(18-6-1)38-29-32-46-50(34-38)60-51-35-47(42-25-13-14-27-45(42)52(46)51)55-58-53(37-19-7-2-8-20-37)57-54(59-55)39-30-31-44-43-26-15-16-28-48(43)56(49(44)33-39,40-21-9-3-10-22-40)41-23-11-4-12-24-41/h1-35H. The van der Waals surface area contributed by atoms with Crippen molar-refractivity contribution >= 4 is 32.7 Å². The summed E-state index contributed by atoms with van der Waals surface area (Å²) in [5.74, 6) is 1.80. The van der Waals surface area contributed by atoms with Gasteiger partial charge in [0.2, 0.25) is 0 Å². The van der Waals surface area contributed by atoms with E-state index in [2.05, 4.69) is 188 Å². The zero-order chi connectivity index (χ0) is 39.6. The normalized spacial score (nSPS) is 12.8. The van der Waals surface area contributed by atoms with E-state index in [9.17, 15) is 0 Å². The maximum Gasteiger partial charge on any atom is 0.164 e. The fourth-order valence-electron chi connectivity index (χ4n) is 9.56. The Bertz CT molecular complexity index is 3370. The van der Waals surface area contributed by atoms with Crippen LogP contribution in [0, 0.1) is 0 Å². The molecule has 0 fully saturated rings. The Hall–Kier alpha value is -7.95. The average molecular weight is 766 g/mol. The fourth-order valence-corrected chi connectivity index (χ4v) is 9.56. The molecule has 4 heteroatoms. The van der Waals surface area contributed by atoms with E-state index in [0.717, 1.165) is 60.5 Å². The van der Waals surface area contributed by atoms with Gasteiger partial charge in [-0.1, -0.05) is 188 Å². The van der Waals surface area contributed by atoms with Gasteiger partial charge in [0.05, 0.1) is 5.41 Å².